The molecular weight excluding hydrogens is 239 g/mol. The topological polar surface area (TPSA) is 57.5 Å². The predicted octanol–water partition coefficient (Wildman–Crippen LogP) is 1.84. The standard InChI is InChI=1S/C15H23BO3/c1-2-3-4-5-6-7-15(17)12-13-8-10-14(11-9-13)16(18)19/h8-11,18-19H,2-7,12H2,1H3. The van der Waals surface area contributed by atoms with Crippen LogP contribution in [0, 0.1) is 0 Å². The molecule has 0 spiro atoms. The van der Waals surface area contributed by atoms with E-state index in [1.807, 2.05) is 0 Å². The van der Waals surface area contributed by atoms with Gasteiger partial charge in [0.2, 0.25) is 0 Å². The van der Waals surface area contributed by atoms with Crippen LogP contribution in [0.5, 0.6) is 0 Å². The van der Waals surface area contributed by atoms with Gasteiger partial charge in [-0.05, 0) is 17.4 Å². The van der Waals surface area contributed by atoms with Crippen molar-refractivity contribution in [2.75, 3.05) is 0 Å². The summed E-state index contributed by atoms with van der Waals surface area (Å²) in [5.74, 6) is 0.258. The normalized spacial score (nSPS) is 10.5. The molecule has 0 aliphatic carbocycles. The lowest BCUT2D eigenvalue weighted by Gasteiger charge is -2.04. The lowest BCUT2D eigenvalue weighted by Crippen LogP contribution is -2.29. The van der Waals surface area contributed by atoms with Gasteiger partial charge in [-0.3, -0.25) is 4.79 Å². The van der Waals surface area contributed by atoms with Gasteiger partial charge in [0.05, 0.1) is 0 Å². The minimum Gasteiger partial charge on any atom is -0.423 e. The smallest absolute Gasteiger partial charge is 0.423 e. The molecule has 0 atom stereocenters. The van der Waals surface area contributed by atoms with Gasteiger partial charge in [-0.25, -0.2) is 0 Å². The fraction of sp³-hybridized carbons (Fsp3) is 0.533. The fourth-order valence-corrected chi connectivity index (χ4v) is 2.05. The molecule has 19 heavy (non-hydrogen) atoms. The highest BCUT2D eigenvalue weighted by Crippen LogP contribution is 2.08. The van der Waals surface area contributed by atoms with Crippen LogP contribution in [0.3, 0.4) is 0 Å². The molecule has 104 valence electrons. The third-order valence-electron chi connectivity index (χ3n) is 3.24. The lowest BCUT2D eigenvalue weighted by molar-refractivity contribution is -0.118. The first-order valence-electron chi connectivity index (χ1n) is 7.10. The SMILES string of the molecule is CCCCCCCC(=O)Cc1ccc(B(O)O)cc1. The Balaban J connectivity index is 2.28. The van der Waals surface area contributed by atoms with E-state index < -0.39 is 7.12 Å². The van der Waals surface area contributed by atoms with Crippen molar-refractivity contribution in [1.82, 2.24) is 0 Å². The van der Waals surface area contributed by atoms with E-state index in [-0.39, 0.29) is 5.78 Å². The Labute approximate surface area is 115 Å². The quantitative estimate of drug-likeness (QED) is 0.527. The van der Waals surface area contributed by atoms with Crippen molar-refractivity contribution in [3.63, 3.8) is 0 Å². The first-order chi connectivity index (χ1) is 9.13. The van der Waals surface area contributed by atoms with Gasteiger partial charge in [0.25, 0.3) is 0 Å². The molecule has 0 radical (unpaired) electrons. The molecule has 0 saturated carbocycles. The molecular formula is C15H23BO3. The molecule has 1 aromatic carbocycles. The maximum Gasteiger partial charge on any atom is 0.488 e. The Morgan fingerprint density at radius 2 is 1.68 bits per heavy atom. The van der Waals surface area contributed by atoms with Crippen LogP contribution in [-0.4, -0.2) is 22.9 Å². The molecule has 4 heteroatoms. The third-order valence-corrected chi connectivity index (χ3v) is 3.24. The van der Waals surface area contributed by atoms with Gasteiger partial charge < -0.3 is 10.0 Å². The van der Waals surface area contributed by atoms with E-state index in [1.165, 1.54) is 19.3 Å². The van der Waals surface area contributed by atoms with Crippen molar-refractivity contribution in [2.45, 2.75) is 51.9 Å². The molecule has 0 amide bonds. The maximum atomic E-state index is 11.8. The predicted molar refractivity (Wildman–Crippen MR) is 78.4 cm³/mol. The number of benzene rings is 1. The Morgan fingerprint density at radius 3 is 2.26 bits per heavy atom. The highest BCUT2D eigenvalue weighted by molar-refractivity contribution is 6.58. The number of unbranched alkanes of at least 4 members (excludes halogenated alkanes) is 4. The van der Waals surface area contributed by atoms with Crippen LogP contribution in [0.25, 0.3) is 0 Å². The Hall–Kier alpha value is -1.13. The summed E-state index contributed by atoms with van der Waals surface area (Å²) in [6.45, 7) is 2.18. The van der Waals surface area contributed by atoms with E-state index in [0.717, 1.165) is 18.4 Å². The Morgan fingerprint density at radius 1 is 1.05 bits per heavy atom. The number of hydrogen-bond acceptors (Lipinski definition) is 3. The lowest BCUT2D eigenvalue weighted by atomic mass is 9.80. The van der Waals surface area contributed by atoms with Crippen molar-refractivity contribution in [1.29, 1.82) is 0 Å². The van der Waals surface area contributed by atoms with Crippen LogP contribution < -0.4 is 5.46 Å². The zero-order valence-electron chi connectivity index (χ0n) is 11.6. The zero-order valence-corrected chi connectivity index (χ0v) is 11.6. The van der Waals surface area contributed by atoms with Crippen molar-refractivity contribution in [3.8, 4) is 0 Å². The molecule has 3 nitrogen and oxygen atoms in total. The summed E-state index contributed by atoms with van der Waals surface area (Å²) in [6.07, 6.45) is 6.88. The second-order valence-corrected chi connectivity index (χ2v) is 4.99. The Kier molecular flexibility index (Phi) is 7.45. The molecule has 2 N–H and O–H groups in total. The van der Waals surface area contributed by atoms with Crippen LogP contribution >= 0.6 is 0 Å². The van der Waals surface area contributed by atoms with Gasteiger partial charge >= 0.3 is 7.12 Å². The molecule has 1 rings (SSSR count). The van der Waals surface area contributed by atoms with Gasteiger partial charge in [-0.1, -0.05) is 56.9 Å². The van der Waals surface area contributed by atoms with E-state index in [9.17, 15) is 4.79 Å². The second kappa shape index (κ2) is 8.89. The highest BCUT2D eigenvalue weighted by atomic mass is 16.4. The number of hydrogen-bond donors (Lipinski definition) is 2. The minimum atomic E-state index is -1.44. The van der Waals surface area contributed by atoms with E-state index in [2.05, 4.69) is 6.92 Å². The molecule has 0 aliphatic heterocycles. The summed E-state index contributed by atoms with van der Waals surface area (Å²) in [7, 11) is -1.44. The summed E-state index contributed by atoms with van der Waals surface area (Å²) in [5, 5.41) is 17.9. The van der Waals surface area contributed by atoms with E-state index in [1.54, 1.807) is 24.3 Å². The van der Waals surface area contributed by atoms with Crippen LogP contribution in [0.4, 0.5) is 0 Å². The molecule has 1 aromatic rings. The maximum absolute atomic E-state index is 11.8. The van der Waals surface area contributed by atoms with Gasteiger partial charge in [-0.15, -0.1) is 0 Å². The summed E-state index contributed by atoms with van der Waals surface area (Å²) < 4.78 is 0. The summed E-state index contributed by atoms with van der Waals surface area (Å²) >= 11 is 0. The molecule has 0 saturated heterocycles. The minimum absolute atomic E-state index is 0.258. The summed E-state index contributed by atoms with van der Waals surface area (Å²) in [6, 6.07) is 6.86. The Bertz CT molecular complexity index is 373. The van der Waals surface area contributed by atoms with E-state index in [0.29, 0.717) is 18.3 Å². The fourth-order valence-electron chi connectivity index (χ4n) is 2.05. The average molecular weight is 262 g/mol. The van der Waals surface area contributed by atoms with Gasteiger partial charge in [0, 0.05) is 12.8 Å². The molecule has 0 heterocycles. The number of carbonyl (C=O) groups is 1. The number of Topliss-reactive ketones (excluding diaryl/α,β-unsaturated/α-hetero) is 1. The van der Waals surface area contributed by atoms with Crippen LogP contribution in [0.15, 0.2) is 24.3 Å². The molecule has 0 bridgehead atoms. The van der Waals surface area contributed by atoms with Crippen molar-refractivity contribution >= 4 is 18.4 Å². The van der Waals surface area contributed by atoms with Crippen LogP contribution in [0.1, 0.15) is 51.0 Å². The first-order valence-corrected chi connectivity index (χ1v) is 7.10. The number of ketones is 1. The average Bonchev–Trinajstić information content (AvgIpc) is 2.39. The van der Waals surface area contributed by atoms with Crippen LogP contribution in [0.2, 0.25) is 0 Å². The number of carbonyl (C=O) groups excluding carboxylic acids is 1. The molecule has 0 aromatic heterocycles. The third kappa shape index (κ3) is 6.55. The van der Waals surface area contributed by atoms with Gasteiger partial charge in [0.15, 0.2) is 0 Å². The first kappa shape index (κ1) is 15.9. The van der Waals surface area contributed by atoms with Gasteiger partial charge in [0.1, 0.15) is 5.78 Å². The van der Waals surface area contributed by atoms with Gasteiger partial charge in [-0.2, -0.15) is 0 Å². The van der Waals surface area contributed by atoms with E-state index in [4.69, 9.17) is 10.0 Å². The largest absolute Gasteiger partial charge is 0.488 e. The van der Waals surface area contributed by atoms with Crippen molar-refractivity contribution < 1.29 is 14.8 Å². The molecule has 0 unspecified atom stereocenters. The monoisotopic (exact) mass is 262 g/mol. The number of rotatable bonds is 9. The highest BCUT2D eigenvalue weighted by Gasteiger charge is 2.10. The van der Waals surface area contributed by atoms with Crippen LogP contribution in [-0.2, 0) is 11.2 Å². The zero-order chi connectivity index (χ0) is 14.1. The van der Waals surface area contributed by atoms with E-state index >= 15 is 0 Å². The molecule has 0 aliphatic rings. The van der Waals surface area contributed by atoms with Crippen molar-refractivity contribution in [3.05, 3.63) is 29.8 Å². The second-order valence-electron chi connectivity index (χ2n) is 4.99. The molecule has 0 fully saturated rings. The van der Waals surface area contributed by atoms with Crippen molar-refractivity contribution in [2.24, 2.45) is 0 Å². The summed E-state index contributed by atoms with van der Waals surface area (Å²) in [4.78, 5) is 11.8. The summed E-state index contributed by atoms with van der Waals surface area (Å²) in [5.41, 5.74) is 1.39.